The standard InChI is InChI=1S/C20H21ClN4O3S/c1-25-19(22)24-20(12-29(25,27)28)8-2-3-14-5-4-13(9-16(14)20)10-18(26)17-7-6-15(21)11-23-17/h4-7,9,11H,2-3,8,10,12H2,1H3,(H2,22,24)/t20-/m0/s1. The summed E-state index contributed by atoms with van der Waals surface area (Å²) in [5.41, 5.74) is 8.07. The van der Waals surface area contributed by atoms with Gasteiger partial charge in [0.25, 0.3) is 0 Å². The Labute approximate surface area is 174 Å². The third-order valence-corrected chi connectivity index (χ3v) is 7.67. The largest absolute Gasteiger partial charge is 0.369 e. The summed E-state index contributed by atoms with van der Waals surface area (Å²) in [4.78, 5) is 21.3. The van der Waals surface area contributed by atoms with Crippen molar-refractivity contribution in [3.63, 3.8) is 0 Å². The van der Waals surface area contributed by atoms with E-state index in [1.807, 2.05) is 18.2 Å². The first kappa shape index (κ1) is 19.8. The summed E-state index contributed by atoms with van der Waals surface area (Å²) in [5, 5.41) is 0.469. The van der Waals surface area contributed by atoms with Crippen molar-refractivity contribution in [2.45, 2.75) is 31.2 Å². The van der Waals surface area contributed by atoms with Crippen molar-refractivity contribution in [2.75, 3.05) is 12.8 Å². The van der Waals surface area contributed by atoms with Crippen LogP contribution >= 0.6 is 11.6 Å². The summed E-state index contributed by atoms with van der Waals surface area (Å²) in [6.07, 6.45) is 3.87. The monoisotopic (exact) mass is 432 g/mol. The van der Waals surface area contributed by atoms with Crippen LogP contribution in [0.1, 0.15) is 40.0 Å². The lowest BCUT2D eigenvalue weighted by atomic mass is 9.77. The molecule has 9 heteroatoms. The van der Waals surface area contributed by atoms with E-state index in [1.165, 1.54) is 13.2 Å². The lowest BCUT2D eigenvalue weighted by Gasteiger charge is -2.40. The number of pyridine rings is 1. The molecule has 2 heterocycles. The van der Waals surface area contributed by atoms with Gasteiger partial charge in [0.2, 0.25) is 16.0 Å². The minimum atomic E-state index is -3.56. The number of nitrogens with zero attached hydrogens (tertiary/aromatic N) is 3. The zero-order valence-corrected chi connectivity index (χ0v) is 17.5. The third kappa shape index (κ3) is 3.62. The smallest absolute Gasteiger partial charge is 0.239 e. The molecule has 0 fully saturated rings. The van der Waals surface area contributed by atoms with Crippen LogP contribution in [0.15, 0.2) is 41.5 Å². The number of ketones is 1. The molecule has 4 rings (SSSR count). The summed E-state index contributed by atoms with van der Waals surface area (Å²) < 4.78 is 26.3. The summed E-state index contributed by atoms with van der Waals surface area (Å²) in [6, 6.07) is 9.00. The summed E-state index contributed by atoms with van der Waals surface area (Å²) in [5.74, 6) is -0.262. The van der Waals surface area contributed by atoms with Crippen molar-refractivity contribution in [1.29, 1.82) is 0 Å². The number of aromatic nitrogens is 1. The van der Waals surface area contributed by atoms with E-state index in [-0.39, 0.29) is 23.9 Å². The number of rotatable bonds is 3. The molecule has 1 atom stereocenters. The molecule has 2 aliphatic rings. The highest BCUT2D eigenvalue weighted by atomic mass is 35.5. The molecule has 0 radical (unpaired) electrons. The summed E-state index contributed by atoms with van der Waals surface area (Å²) in [7, 11) is -2.14. The molecule has 0 bridgehead atoms. The molecule has 29 heavy (non-hydrogen) atoms. The van der Waals surface area contributed by atoms with Crippen LogP contribution in [-0.4, -0.2) is 42.3 Å². The molecule has 1 aliphatic heterocycles. The minimum Gasteiger partial charge on any atom is -0.369 e. The fourth-order valence-corrected chi connectivity index (χ4v) is 5.64. The van der Waals surface area contributed by atoms with Gasteiger partial charge in [0.05, 0.1) is 10.8 Å². The third-order valence-electron chi connectivity index (χ3n) is 5.58. The number of halogens is 1. The molecule has 0 amide bonds. The van der Waals surface area contributed by atoms with Gasteiger partial charge in [0.1, 0.15) is 11.2 Å². The number of Topliss-reactive ketones (excluding diaryl/α,β-unsaturated/α-hetero) is 1. The number of guanidine groups is 1. The number of aliphatic imine (C=N–C) groups is 1. The van der Waals surface area contributed by atoms with Gasteiger partial charge in [-0.05, 0) is 48.1 Å². The number of hydrogen-bond donors (Lipinski definition) is 1. The quantitative estimate of drug-likeness (QED) is 0.749. The molecular weight excluding hydrogens is 412 g/mol. The van der Waals surface area contributed by atoms with Crippen molar-refractivity contribution >= 4 is 33.4 Å². The maximum Gasteiger partial charge on any atom is 0.239 e. The fourth-order valence-electron chi connectivity index (χ4n) is 4.04. The van der Waals surface area contributed by atoms with Gasteiger partial charge in [-0.2, -0.15) is 0 Å². The number of carbonyl (C=O) groups is 1. The Morgan fingerprint density at radius 3 is 2.79 bits per heavy atom. The number of aryl methyl sites for hydroxylation is 1. The molecule has 0 saturated carbocycles. The Balaban J connectivity index is 1.71. The SMILES string of the molecule is CN1C(N)=N[C@@]2(CCCc3ccc(CC(=O)c4ccc(Cl)cn4)cc32)CS1(=O)=O. The van der Waals surface area contributed by atoms with Crippen molar-refractivity contribution in [3.05, 3.63) is 63.9 Å². The van der Waals surface area contributed by atoms with Crippen LogP contribution in [0.25, 0.3) is 0 Å². The van der Waals surface area contributed by atoms with Gasteiger partial charge in [-0.15, -0.1) is 0 Å². The lowest BCUT2D eigenvalue weighted by molar-refractivity contribution is 0.0988. The van der Waals surface area contributed by atoms with Crippen molar-refractivity contribution in [3.8, 4) is 0 Å². The van der Waals surface area contributed by atoms with Crippen LogP contribution < -0.4 is 5.73 Å². The number of sulfonamides is 1. The second kappa shape index (κ2) is 7.11. The molecule has 1 aromatic heterocycles. The average molecular weight is 433 g/mol. The van der Waals surface area contributed by atoms with Gasteiger partial charge >= 0.3 is 0 Å². The van der Waals surface area contributed by atoms with Gasteiger partial charge in [0.15, 0.2) is 5.78 Å². The Morgan fingerprint density at radius 2 is 2.10 bits per heavy atom. The van der Waals surface area contributed by atoms with Crippen LogP contribution in [-0.2, 0) is 28.4 Å². The zero-order valence-electron chi connectivity index (χ0n) is 15.9. The van der Waals surface area contributed by atoms with Gasteiger partial charge < -0.3 is 5.73 Å². The first-order chi connectivity index (χ1) is 13.7. The fraction of sp³-hybridized carbons (Fsp3) is 0.350. The van der Waals surface area contributed by atoms with E-state index in [9.17, 15) is 13.2 Å². The number of carbonyl (C=O) groups excluding carboxylic acids is 1. The van der Waals surface area contributed by atoms with Crippen LogP contribution in [0.5, 0.6) is 0 Å². The Morgan fingerprint density at radius 1 is 1.31 bits per heavy atom. The van der Waals surface area contributed by atoms with Crippen molar-refractivity contribution in [1.82, 2.24) is 9.29 Å². The van der Waals surface area contributed by atoms with E-state index in [0.717, 1.165) is 33.8 Å². The Kier molecular flexibility index (Phi) is 4.86. The average Bonchev–Trinajstić information content (AvgIpc) is 2.67. The summed E-state index contributed by atoms with van der Waals surface area (Å²) >= 11 is 5.83. The maximum atomic E-state index is 12.6. The Hall–Kier alpha value is -2.45. The topological polar surface area (TPSA) is 106 Å². The van der Waals surface area contributed by atoms with Gasteiger partial charge in [-0.3, -0.25) is 9.78 Å². The predicted octanol–water partition coefficient (Wildman–Crippen LogP) is 2.28. The van der Waals surface area contributed by atoms with Crippen LogP contribution in [0.4, 0.5) is 0 Å². The molecule has 7 nitrogen and oxygen atoms in total. The molecule has 1 aliphatic carbocycles. The second-order valence-corrected chi connectivity index (χ2v) is 9.97. The molecule has 0 saturated heterocycles. The van der Waals surface area contributed by atoms with Crippen LogP contribution in [0, 0.1) is 0 Å². The van der Waals surface area contributed by atoms with Crippen LogP contribution in [0.3, 0.4) is 0 Å². The molecule has 1 spiro atoms. The van der Waals surface area contributed by atoms with E-state index in [4.69, 9.17) is 17.3 Å². The van der Waals surface area contributed by atoms with Crippen molar-refractivity contribution in [2.24, 2.45) is 10.7 Å². The highest BCUT2D eigenvalue weighted by Crippen LogP contribution is 2.42. The minimum absolute atomic E-state index is 0.00376. The second-order valence-electron chi connectivity index (χ2n) is 7.53. The molecule has 2 aromatic rings. The highest BCUT2D eigenvalue weighted by Gasteiger charge is 2.45. The highest BCUT2D eigenvalue weighted by molar-refractivity contribution is 7.89. The summed E-state index contributed by atoms with van der Waals surface area (Å²) in [6.45, 7) is 0. The van der Waals surface area contributed by atoms with Gasteiger partial charge in [-0.1, -0.05) is 29.8 Å². The van der Waals surface area contributed by atoms with E-state index < -0.39 is 15.6 Å². The van der Waals surface area contributed by atoms with Crippen molar-refractivity contribution < 1.29 is 13.2 Å². The number of fused-ring (bicyclic) bond motifs is 2. The first-order valence-electron chi connectivity index (χ1n) is 9.29. The van der Waals surface area contributed by atoms with E-state index in [1.54, 1.807) is 12.1 Å². The Bertz CT molecular complexity index is 1120. The molecule has 2 N–H and O–H groups in total. The lowest BCUT2D eigenvalue weighted by Crippen LogP contribution is -2.52. The molecular formula is C20H21ClN4O3S. The van der Waals surface area contributed by atoms with E-state index in [2.05, 4.69) is 9.98 Å². The van der Waals surface area contributed by atoms with E-state index >= 15 is 0 Å². The number of hydrogen-bond acceptors (Lipinski definition) is 6. The predicted molar refractivity (Wildman–Crippen MR) is 112 cm³/mol. The van der Waals surface area contributed by atoms with Crippen LogP contribution in [0.2, 0.25) is 5.02 Å². The number of benzene rings is 1. The van der Waals surface area contributed by atoms with Gasteiger partial charge in [-0.25, -0.2) is 17.7 Å². The van der Waals surface area contributed by atoms with Gasteiger partial charge in [0, 0.05) is 19.7 Å². The maximum absolute atomic E-state index is 12.6. The van der Waals surface area contributed by atoms with E-state index in [0.29, 0.717) is 17.1 Å². The first-order valence-corrected chi connectivity index (χ1v) is 11.3. The molecule has 1 aromatic carbocycles. The molecule has 0 unspecified atom stereocenters. The normalized spacial score (nSPS) is 22.8. The molecule has 152 valence electrons. The number of nitrogens with two attached hydrogens (primary N) is 1. The zero-order chi connectivity index (χ0) is 20.8.